The summed E-state index contributed by atoms with van der Waals surface area (Å²) in [7, 11) is 1.87. The molecule has 2 rings (SSSR count). The fourth-order valence-electron chi connectivity index (χ4n) is 1.89. The average molecular weight is 261 g/mol. The second-order valence-corrected chi connectivity index (χ2v) is 4.26. The highest BCUT2D eigenvalue weighted by Gasteiger charge is 2.16. The summed E-state index contributed by atoms with van der Waals surface area (Å²) in [6.45, 7) is 2.29. The Kier molecular flexibility index (Phi) is 3.74. The summed E-state index contributed by atoms with van der Waals surface area (Å²) >= 11 is 0. The van der Waals surface area contributed by atoms with Gasteiger partial charge in [-0.15, -0.1) is 10.2 Å². The highest BCUT2D eigenvalue weighted by Crippen LogP contribution is 2.27. The number of benzene rings is 1. The van der Waals surface area contributed by atoms with Crippen LogP contribution >= 0.6 is 0 Å². The van der Waals surface area contributed by atoms with E-state index in [1.54, 1.807) is 31.5 Å². The lowest BCUT2D eigenvalue weighted by atomic mass is 10.1. The Labute approximate surface area is 110 Å². The number of anilines is 1. The first kappa shape index (κ1) is 13.0. The second kappa shape index (κ2) is 5.47. The van der Waals surface area contributed by atoms with Gasteiger partial charge in [0.05, 0.1) is 4.92 Å². The number of nitro benzene ring substituents is 1. The lowest BCUT2D eigenvalue weighted by Gasteiger charge is -2.08. The normalized spacial score (nSPS) is 10.4. The van der Waals surface area contributed by atoms with Gasteiger partial charge in [0.15, 0.2) is 0 Å². The summed E-state index contributed by atoms with van der Waals surface area (Å²) in [5.74, 6) is 0.836. The average Bonchev–Trinajstić information content (AvgIpc) is 2.75. The standard InChI is InChI=1S/C12H15N5O2/c1-9-4-3-5-10(12(9)17(18)19)13-7-6-11-15-14-8-16(11)2/h3-5,8,13H,6-7H2,1-2H3. The summed E-state index contributed by atoms with van der Waals surface area (Å²) in [5.41, 5.74) is 1.31. The number of hydrogen-bond acceptors (Lipinski definition) is 5. The molecule has 1 aromatic carbocycles. The van der Waals surface area contributed by atoms with Crippen LogP contribution in [0.1, 0.15) is 11.4 Å². The van der Waals surface area contributed by atoms with Gasteiger partial charge in [0, 0.05) is 25.6 Å². The fraction of sp³-hybridized carbons (Fsp3) is 0.333. The maximum absolute atomic E-state index is 11.0. The van der Waals surface area contributed by atoms with Gasteiger partial charge in [0.25, 0.3) is 5.69 Å². The van der Waals surface area contributed by atoms with E-state index >= 15 is 0 Å². The highest BCUT2D eigenvalue weighted by molar-refractivity contribution is 5.64. The molecule has 0 aliphatic carbocycles. The third-order valence-corrected chi connectivity index (χ3v) is 2.89. The molecular weight excluding hydrogens is 246 g/mol. The van der Waals surface area contributed by atoms with E-state index in [1.165, 1.54) is 0 Å². The molecule has 7 heteroatoms. The van der Waals surface area contributed by atoms with E-state index in [0.29, 0.717) is 24.2 Å². The second-order valence-electron chi connectivity index (χ2n) is 4.26. The van der Waals surface area contributed by atoms with Crippen LogP contribution in [-0.4, -0.2) is 26.2 Å². The van der Waals surface area contributed by atoms with Crippen LogP contribution in [0.2, 0.25) is 0 Å². The van der Waals surface area contributed by atoms with Crippen LogP contribution in [0.25, 0.3) is 0 Å². The van der Waals surface area contributed by atoms with Crippen molar-refractivity contribution in [3.05, 3.63) is 46.0 Å². The summed E-state index contributed by atoms with van der Waals surface area (Å²) in [5, 5.41) is 21.9. The number of nitrogens with zero attached hydrogens (tertiary/aromatic N) is 4. The van der Waals surface area contributed by atoms with Crippen molar-refractivity contribution >= 4 is 11.4 Å². The fourth-order valence-corrected chi connectivity index (χ4v) is 1.89. The number of rotatable bonds is 5. The van der Waals surface area contributed by atoms with Crippen LogP contribution in [0.3, 0.4) is 0 Å². The zero-order valence-electron chi connectivity index (χ0n) is 10.8. The van der Waals surface area contributed by atoms with Crippen molar-refractivity contribution in [2.75, 3.05) is 11.9 Å². The SMILES string of the molecule is Cc1cccc(NCCc2nncn2C)c1[N+](=O)[O-]. The molecule has 0 radical (unpaired) electrons. The Morgan fingerprint density at radius 3 is 2.89 bits per heavy atom. The van der Waals surface area contributed by atoms with Crippen LogP contribution in [-0.2, 0) is 13.5 Å². The van der Waals surface area contributed by atoms with E-state index < -0.39 is 0 Å². The molecule has 1 aromatic heterocycles. The van der Waals surface area contributed by atoms with E-state index in [9.17, 15) is 10.1 Å². The highest BCUT2D eigenvalue weighted by atomic mass is 16.6. The zero-order chi connectivity index (χ0) is 13.8. The lowest BCUT2D eigenvalue weighted by molar-refractivity contribution is -0.384. The third kappa shape index (κ3) is 2.87. The van der Waals surface area contributed by atoms with Gasteiger partial charge in [0.1, 0.15) is 17.8 Å². The molecule has 0 bridgehead atoms. The smallest absolute Gasteiger partial charge is 0.295 e. The van der Waals surface area contributed by atoms with Crippen molar-refractivity contribution in [1.82, 2.24) is 14.8 Å². The van der Waals surface area contributed by atoms with Crippen molar-refractivity contribution in [3.8, 4) is 0 Å². The van der Waals surface area contributed by atoms with Gasteiger partial charge in [-0.05, 0) is 13.0 Å². The van der Waals surface area contributed by atoms with Crippen molar-refractivity contribution in [3.63, 3.8) is 0 Å². The van der Waals surface area contributed by atoms with Gasteiger partial charge in [-0.25, -0.2) is 0 Å². The van der Waals surface area contributed by atoms with Crippen molar-refractivity contribution in [1.29, 1.82) is 0 Å². The first-order chi connectivity index (χ1) is 9.09. The maximum Gasteiger partial charge on any atom is 0.295 e. The minimum absolute atomic E-state index is 0.125. The molecule has 0 unspecified atom stereocenters. The van der Waals surface area contributed by atoms with Crippen LogP contribution < -0.4 is 5.32 Å². The van der Waals surface area contributed by atoms with Gasteiger partial charge in [0.2, 0.25) is 0 Å². The lowest BCUT2D eigenvalue weighted by Crippen LogP contribution is -2.10. The number of hydrogen-bond donors (Lipinski definition) is 1. The van der Waals surface area contributed by atoms with E-state index in [0.717, 1.165) is 5.82 Å². The van der Waals surface area contributed by atoms with E-state index in [2.05, 4.69) is 15.5 Å². The molecule has 0 fully saturated rings. The van der Waals surface area contributed by atoms with Gasteiger partial charge in [-0.2, -0.15) is 0 Å². The van der Waals surface area contributed by atoms with Gasteiger partial charge in [-0.1, -0.05) is 12.1 Å². The molecule has 0 spiro atoms. The number of nitro groups is 1. The van der Waals surface area contributed by atoms with Gasteiger partial charge < -0.3 is 9.88 Å². The molecule has 0 atom stereocenters. The molecule has 0 aliphatic rings. The Morgan fingerprint density at radius 1 is 1.47 bits per heavy atom. The van der Waals surface area contributed by atoms with Crippen LogP contribution in [0.4, 0.5) is 11.4 Å². The minimum Gasteiger partial charge on any atom is -0.379 e. The van der Waals surface area contributed by atoms with Crippen LogP contribution in [0.15, 0.2) is 24.5 Å². The number of nitrogens with one attached hydrogen (secondary N) is 1. The van der Waals surface area contributed by atoms with Crippen molar-refractivity contribution < 1.29 is 4.92 Å². The molecule has 19 heavy (non-hydrogen) atoms. The summed E-state index contributed by atoms with van der Waals surface area (Å²) in [6.07, 6.45) is 2.28. The number of para-hydroxylation sites is 1. The quantitative estimate of drug-likeness (QED) is 0.653. The molecule has 0 saturated heterocycles. The molecule has 7 nitrogen and oxygen atoms in total. The topological polar surface area (TPSA) is 85.9 Å². The van der Waals surface area contributed by atoms with Crippen LogP contribution in [0.5, 0.6) is 0 Å². The Morgan fingerprint density at radius 2 is 2.26 bits per heavy atom. The number of aryl methyl sites for hydroxylation is 2. The summed E-state index contributed by atoms with van der Waals surface area (Å²) in [4.78, 5) is 10.7. The summed E-state index contributed by atoms with van der Waals surface area (Å²) < 4.78 is 1.83. The molecule has 1 heterocycles. The first-order valence-corrected chi connectivity index (χ1v) is 5.90. The van der Waals surface area contributed by atoms with E-state index in [-0.39, 0.29) is 10.6 Å². The zero-order valence-corrected chi connectivity index (χ0v) is 10.8. The maximum atomic E-state index is 11.0. The third-order valence-electron chi connectivity index (χ3n) is 2.89. The molecule has 0 aliphatic heterocycles. The number of aromatic nitrogens is 3. The van der Waals surface area contributed by atoms with E-state index in [4.69, 9.17) is 0 Å². The van der Waals surface area contributed by atoms with Crippen molar-refractivity contribution in [2.24, 2.45) is 7.05 Å². The monoisotopic (exact) mass is 261 g/mol. The van der Waals surface area contributed by atoms with Crippen LogP contribution in [0, 0.1) is 17.0 Å². The molecule has 0 amide bonds. The molecule has 100 valence electrons. The summed E-state index contributed by atoms with van der Waals surface area (Å²) in [6, 6.07) is 5.24. The predicted octanol–water partition coefficient (Wildman–Crippen LogP) is 1.69. The minimum atomic E-state index is -0.361. The Balaban J connectivity index is 2.06. The molecule has 0 saturated carbocycles. The molecule has 1 N–H and O–H groups in total. The largest absolute Gasteiger partial charge is 0.379 e. The van der Waals surface area contributed by atoms with Gasteiger partial charge in [-0.3, -0.25) is 10.1 Å². The Hall–Kier alpha value is -2.44. The molecular formula is C12H15N5O2. The predicted molar refractivity (Wildman–Crippen MR) is 71.0 cm³/mol. The van der Waals surface area contributed by atoms with E-state index in [1.807, 2.05) is 11.6 Å². The first-order valence-electron chi connectivity index (χ1n) is 5.90. The Bertz CT molecular complexity index is 594. The molecule has 2 aromatic rings. The van der Waals surface area contributed by atoms with Gasteiger partial charge >= 0.3 is 0 Å². The van der Waals surface area contributed by atoms with Crippen molar-refractivity contribution in [2.45, 2.75) is 13.3 Å².